The van der Waals surface area contributed by atoms with E-state index < -0.39 is 11.0 Å². The topological polar surface area (TPSA) is 93.5 Å². The second-order valence-electron chi connectivity index (χ2n) is 4.68. The van der Waals surface area contributed by atoms with Gasteiger partial charge in [-0.2, -0.15) is 0 Å². The summed E-state index contributed by atoms with van der Waals surface area (Å²) in [5, 5.41) is 15.7. The number of nitro groups is 1. The molecule has 0 saturated carbocycles. The van der Waals surface area contributed by atoms with E-state index in [4.69, 9.17) is 4.74 Å². The Morgan fingerprint density at radius 3 is 2.52 bits per heavy atom. The minimum atomic E-state index is -0.497. The maximum atomic E-state index is 11.7. The van der Waals surface area contributed by atoms with Gasteiger partial charge in [0.05, 0.1) is 4.92 Å². The van der Waals surface area contributed by atoms with E-state index in [2.05, 4.69) is 10.6 Å². The molecule has 23 heavy (non-hydrogen) atoms. The first kappa shape index (κ1) is 16.3. The van der Waals surface area contributed by atoms with Crippen LogP contribution >= 0.6 is 0 Å². The van der Waals surface area contributed by atoms with Crippen molar-refractivity contribution in [2.24, 2.45) is 0 Å². The molecule has 0 unspecified atom stereocenters. The van der Waals surface area contributed by atoms with Crippen LogP contribution in [0.1, 0.15) is 12.5 Å². The van der Waals surface area contributed by atoms with Crippen LogP contribution in [0.2, 0.25) is 0 Å². The number of hydrogen-bond donors (Lipinski definition) is 2. The molecule has 2 rings (SSSR count). The van der Waals surface area contributed by atoms with E-state index in [-0.39, 0.29) is 12.4 Å². The highest BCUT2D eigenvalue weighted by Gasteiger charge is 2.06. The summed E-state index contributed by atoms with van der Waals surface area (Å²) < 4.78 is 5.53. The molecular weight excluding hydrogens is 298 g/mol. The first-order valence-corrected chi connectivity index (χ1v) is 7.10. The molecule has 0 heterocycles. The van der Waals surface area contributed by atoms with Gasteiger partial charge < -0.3 is 15.4 Å². The Hall–Kier alpha value is -3.09. The number of aryl methyl sites for hydroxylation is 1. The Kier molecular flexibility index (Phi) is 5.51. The second-order valence-corrected chi connectivity index (χ2v) is 4.68. The molecule has 0 radical (unpaired) electrons. The lowest BCUT2D eigenvalue weighted by molar-refractivity contribution is -0.384. The number of nitro benzene ring substituents is 1. The molecule has 0 aromatic heterocycles. The van der Waals surface area contributed by atoms with Gasteiger partial charge in [0.2, 0.25) is 0 Å². The van der Waals surface area contributed by atoms with E-state index in [1.807, 2.05) is 31.2 Å². The van der Waals surface area contributed by atoms with Gasteiger partial charge in [0.15, 0.2) is 6.73 Å². The normalized spacial score (nSPS) is 9.96. The molecule has 0 aliphatic carbocycles. The third kappa shape index (κ3) is 4.70. The van der Waals surface area contributed by atoms with Crippen molar-refractivity contribution in [1.82, 2.24) is 5.32 Å². The first-order valence-electron chi connectivity index (χ1n) is 7.10. The molecule has 0 aliphatic heterocycles. The fraction of sp³-hybridized carbons (Fsp3) is 0.188. The number of hydrogen-bond acceptors (Lipinski definition) is 4. The molecule has 0 bridgehead atoms. The molecule has 2 aromatic rings. The summed E-state index contributed by atoms with van der Waals surface area (Å²) in [6, 6.07) is 12.7. The van der Waals surface area contributed by atoms with Gasteiger partial charge in [-0.1, -0.05) is 25.1 Å². The summed E-state index contributed by atoms with van der Waals surface area (Å²) in [7, 11) is 0. The maximum Gasteiger partial charge on any atom is 0.321 e. The molecule has 0 fully saturated rings. The van der Waals surface area contributed by atoms with Crippen LogP contribution in [0.3, 0.4) is 0 Å². The minimum Gasteiger partial charge on any atom is -0.473 e. The van der Waals surface area contributed by atoms with Crippen LogP contribution in [0.25, 0.3) is 0 Å². The van der Waals surface area contributed by atoms with Crippen LogP contribution in [-0.4, -0.2) is 17.7 Å². The van der Waals surface area contributed by atoms with Crippen LogP contribution in [0.15, 0.2) is 48.5 Å². The van der Waals surface area contributed by atoms with Crippen molar-refractivity contribution in [2.75, 3.05) is 12.0 Å². The lowest BCUT2D eigenvalue weighted by Gasteiger charge is -2.11. The zero-order chi connectivity index (χ0) is 16.7. The van der Waals surface area contributed by atoms with Crippen molar-refractivity contribution in [1.29, 1.82) is 0 Å². The zero-order valence-corrected chi connectivity index (χ0v) is 12.6. The third-order valence-corrected chi connectivity index (χ3v) is 3.15. The van der Waals surface area contributed by atoms with Crippen molar-refractivity contribution in [2.45, 2.75) is 13.3 Å². The summed E-state index contributed by atoms with van der Waals surface area (Å²) >= 11 is 0. The van der Waals surface area contributed by atoms with Crippen LogP contribution in [0.4, 0.5) is 16.2 Å². The molecule has 0 saturated heterocycles. The van der Waals surface area contributed by atoms with Gasteiger partial charge >= 0.3 is 6.03 Å². The highest BCUT2D eigenvalue weighted by molar-refractivity contribution is 5.89. The van der Waals surface area contributed by atoms with Gasteiger partial charge in [0.25, 0.3) is 5.69 Å². The highest BCUT2D eigenvalue weighted by atomic mass is 16.6. The average Bonchev–Trinajstić information content (AvgIpc) is 2.55. The summed E-state index contributed by atoms with van der Waals surface area (Å²) in [6.07, 6.45) is 0.838. The van der Waals surface area contributed by atoms with Crippen molar-refractivity contribution >= 4 is 17.4 Å². The van der Waals surface area contributed by atoms with Crippen LogP contribution < -0.4 is 15.4 Å². The van der Waals surface area contributed by atoms with E-state index >= 15 is 0 Å². The van der Waals surface area contributed by atoms with Gasteiger partial charge in [-0.25, -0.2) is 4.79 Å². The number of nitrogens with zero attached hydrogens (tertiary/aromatic N) is 1. The van der Waals surface area contributed by atoms with Gasteiger partial charge in [0.1, 0.15) is 5.75 Å². The van der Waals surface area contributed by atoms with E-state index in [0.717, 1.165) is 17.7 Å². The van der Waals surface area contributed by atoms with Crippen molar-refractivity contribution in [3.8, 4) is 5.75 Å². The summed E-state index contributed by atoms with van der Waals surface area (Å²) in [4.78, 5) is 21.8. The van der Waals surface area contributed by atoms with E-state index in [9.17, 15) is 14.9 Å². The Balaban J connectivity index is 1.82. The number of carbonyl (C=O) groups excluding carboxylic acids is 1. The number of para-hydroxylation sites is 1. The highest BCUT2D eigenvalue weighted by Crippen LogP contribution is 2.18. The Labute approximate surface area is 133 Å². The molecule has 120 valence electrons. The Bertz CT molecular complexity index is 686. The predicted octanol–water partition coefficient (Wildman–Crippen LogP) is 3.32. The average molecular weight is 315 g/mol. The van der Waals surface area contributed by atoms with Crippen molar-refractivity contribution in [3.63, 3.8) is 0 Å². The number of rotatable bonds is 6. The predicted molar refractivity (Wildman–Crippen MR) is 86.6 cm³/mol. The van der Waals surface area contributed by atoms with E-state index in [1.54, 1.807) is 0 Å². The van der Waals surface area contributed by atoms with E-state index in [0.29, 0.717) is 5.69 Å². The number of non-ortho nitro benzene ring substituents is 1. The van der Waals surface area contributed by atoms with Gasteiger partial charge in [-0.3, -0.25) is 10.1 Å². The summed E-state index contributed by atoms with van der Waals surface area (Å²) in [6.45, 7) is 2.05. The van der Waals surface area contributed by atoms with Crippen LogP contribution in [0, 0.1) is 10.1 Å². The Morgan fingerprint density at radius 2 is 1.87 bits per heavy atom. The molecule has 2 aromatic carbocycles. The zero-order valence-electron chi connectivity index (χ0n) is 12.6. The molecule has 7 nitrogen and oxygen atoms in total. The van der Waals surface area contributed by atoms with Gasteiger partial charge in [-0.15, -0.1) is 0 Å². The summed E-state index contributed by atoms with van der Waals surface area (Å²) in [5.41, 5.74) is 1.49. The maximum absolute atomic E-state index is 11.7. The fourth-order valence-electron chi connectivity index (χ4n) is 1.96. The number of anilines is 1. The van der Waals surface area contributed by atoms with Crippen molar-refractivity contribution < 1.29 is 14.5 Å². The van der Waals surface area contributed by atoms with Crippen LogP contribution in [0.5, 0.6) is 5.75 Å². The number of carbonyl (C=O) groups is 1. The quantitative estimate of drug-likeness (QED) is 0.486. The van der Waals surface area contributed by atoms with Crippen LogP contribution in [-0.2, 0) is 6.42 Å². The molecular formula is C16H17N3O4. The smallest absolute Gasteiger partial charge is 0.321 e. The number of urea groups is 1. The number of nitrogens with one attached hydrogen (secondary N) is 2. The molecule has 0 atom stereocenters. The molecule has 7 heteroatoms. The minimum absolute atomic E-state index is 0.0236. The fourth-order valence-corrected chi connectivity index (χ4v) is 1.96. The van der Waals surface area contributed by atoms with Gasteiger partial charge in [0, 0.05) is 17.8 Å². The molecule has 2 amide bonds. The number of benzene rings is 2. The summed E-state index contributed by atoms with van der Waals surface area (Å²) in [5.74, 6) is 0.727. The largest absolute Gasteiger partial charge is 0.473 e. The number of ether oxygens (including phenoxy) is 1. The lowest BCUT2D eigenvalue weighted by atomic mass is 10.1. The third-order valence-electron chi connectivity index (χ3n) is 3.15. The second kappa shape index (κ2) is 7.79. The Morgan fingerprint density at radius 1 is 1.17 bits per heavy atom. The standard InChI is InChI=1S/C16H17N3O4/c1-2-12-5-3-4-6-15(12)23-11-17-16(20)18-13-7-9-14(10-8-13)19(21)22/h3-10H,2,11H2,1H3,(H2,17,18,20). The molecule has 0 spiro atoms. The first-order chi connectivity index (χ1) is 11.1. The SMILES string of the molecule is CCc1ccccc1OCNC(=O)Nc1ccc([N+](=O)[O-])cc1. The molecule has 0 aliphatic rings. The van der Waals surface area contributed by atoms with Gasteiger partial charge in [-0.05, 0) is 30.2 Å². The van der Waals surface area contributed by atoms with Crippen molar-refractivity contribution in [3.05, 3.63) is 64.2 Å². The monoisotopic (exact) mass is 315 g/mol. The van der Waals surface area contributed by atoms with E-state index in [1.165, 1.54) is 24.3 Å². The molecule has 2 N–H and O–H groups in total. The lowest BCUT2D eigenvalue weighted by Crippen LogP contribution is -2.32. The number of amides is 2.